The van der Waals surface area contributed by atoms with Crippen molar-refractivity contribution in [1.29, 1.82) is 0 Å². The number of carbonyl (C=O) groups is 1. The van der Waals surface area contributed by atoms with Gasteiger partial charge in [-0.3, -0.25) is 0 Å². The van der Waals surface area contributed by atoms with Crippen molar-refractivity contribution < 1.29 is 9.90 Å². The lowest BCUT2D eigenvalue weighted by Gasteiger charge is -2.37. The van der Waals surface area contributed by atoms with Crippen molar-refractivity contribution >= 4 is 11.7 Å². The van der Waals surface area contributed by atoms with Crippen molar-refractivity contribution in [3.8, 4) is 5.75 Å². The van der Waals surface area contributed by atoms with Crippen LogP contribution in [0.25, 0.3) is 0 Å². The summed E-state index contributed by atoms with van der Waals surface area (Å²) in [7, 11) is 0. The first-order valence-electron chi connectivity index (χ1n) is 10.4. The summed E-state index contributed by atoms with van der Waals surface area (Å²) in [6.45, 7) is 2.78. The van der Waals surface area contributed by atoms with Crippen molar-refractivity contribution in [3.05, 3.63) is 96.1 Å². The van der Waals surface area contributed by atoms with E-state index in [1.165, 1.54) is 5.56 Å². The van der Waals surface area contributed by atoms with Gasteiger partial charge in [-0.2, -0.15) is 0 Å². The molecule has 1 unspecified atom stereocenters. The van der Waals surface area contributed by atoms with E-state index < -0.39 is 0 Å². The molecule has 0 aliphatic carbocycles. The van der Waals surface area contributed by atoms with Gasteiger partial charge in [0.1, 0.15) is 5.75 Å². The number of anilines is 1. The topological polar surface area (TPSA) is 55.8 Å². The maximum absolute atomic E-state index is 13.0. The van der Waals surface area contributed by atoms with Crippen molar-refractivity contribution in [2.45, 2.75) is 12.5 Å². The molecule has 0 saturated carbocycles. The number of benzene rings is 3. The number of nitrogens with zero attached hydrogens (tertiary/aromatic N) is 2. The summed E-state index contributed by atoms with van der Waals surface area (Å²) >= 11 is 0. The highest BCUT2D eigenvalue weighted by Gasteiger charge is 2.24. The van der Waals surface area contributed by atoms with Crippen LogP contribution in [0.1, 0.15) is 17.2 Å². The number of amides is 2. The third kappa shape index (κ3) is 4.92. The Hall–Kier alpha value is -3.47. The second kappa shape index (κ2) is 9.35. The summed E-state index contributed by atoms with van der Waals surface area (Å²) in [5.41, 5.74) is 3.29. The Morgan fingerprint density at radius 3 is 2.20 bits per heavy atom. The van der Waals surface area contributed by atoms with Gasteiger partial charge in [0.25, 0.3) is 0 Å². The third-order valence-corrected chi connectivity index (χ3v) is 5.54. The summed E-state index contributed by atoms with van der Waals surface area (Å²) in [4.78, 5) is 17.1. The number of nitrogens with one attached hydrogen (secondary N) is 1. The molecule has 1 atom stereocenters. The van der Waals surface area contributed by atoms with Crippen LogP contribution in [0.3, 0.4) is 0 Å². The number of rotatable bonds is 5. The largest absolute Gasteiger partial charge is 0.508 e. The van der Waals surface area contributed by atoms with E-state index in [1.54, 1.807) is 12.1 Å². The summed E-state index contributed by atoms with van der Waals surface area (Å²) in [6.07, 6.45) is 0.750. The molecule has 0 aromatic heterocycles. The number of piperazine rings is 1. The molecule has 2 N–H and O–H groups in total. The third-order valence-electron chi connectivity index (χ3n) is 5.54. The predicted octanol–water partition coefficient (Wildman–Crippen LogP) is 4.21. The Labute approximate surface area is 177 Å². The molecule has 1 heterocycles. The highest BCUT2D eigenvalue weighted by Crippen LogP contribution is 2.22. The van der Waals surface area contributed by atoms with Crippen molar-refractivity contribution in [2.24, 2.45) is 0 Å². The molecule has 0 spiro atoms. The van der Waals surface area contributed by atoms with Crippen LogP contribution < -0.4 is 10.2 Å². The fraction of sp³-hybridized carbons (Fsp3) is 0.240. The molecule has 0 radical (unpaired) electrons. The Bertz CT molecular complexity index is 954. The molecule has 4 rings (SSSR count). The predicted molar refractivity (Wildman–Crippen MR) is 120 cm³/mol. The molecular weight excluding hydrogens is 374 g/mol. The SMILES string of the molecule is O=C(NC(Cc1ccccc1)c1ccccc1)N1CCN(c2cccc(O)c2)CC1. The van der Waals surface area contributed by atoms with Gasteiger partial charge in [0.05, 0.1) is 6.04 Å². The molecule has 30 heavy (non-hydrogen) atoms. The molecule has 5 heteroatoms. The number of phenols is 1. The van der Waals surface area contributed by atoms with Crippen LogP contribution in [0.5, 0.6) is 5.75 Å². The second-order valence-electron chi connectivity index (χ2n) is 7.60. The summed E-state index contributed by atoms with van der Waals surface area (Å²) in [5, 5.41) is 13.0. The van der Waals surface area contributed by atoms with E-state index in [9.17, 15) is 9.90 Å². The smallest absolute Gasteiger partial charge is 0.318 e. The Kier molecular flexibility index (Phi) is 6.18. The first kappa shape index (κ1) is 19.8. The Morgan fingerprint density at radius 2 is 1.53 bits per heavy atom. The van der Waals surface area contributed by atoms with Crippen molar-refractivity contribution in [2.75, 3.05) is 31.1 Å². The molecule has 1 saturated heterocycles. The lowest BCUT2D eigenvalue weighted by Crippen LogP contribution is -2.52. The van der Waals surface area contributed by atoms with Crippen molar-refractivity contribution in [3.63, 3.8) is 0 Å². The minimum atomic E-state index is -0.0785. The maximum Gasteiger partial charge on any atom is 0.318 e. The van der Waals surface area contributed by atoms with Gasteiger partial charge in [0.15, 0.2) is 0 Å². The Balaban J connectivity index is 1.40. The molecule has 1 aliphatic heterocycles. The molecule has 0 bridgehead atoms. The highest BCUT2D eigenvalue weighted by atomic mass is 16.3. The van der Waals surface area contributed by atoms with Crippen molar-refractivity contribution in [1.82, 2.24) is 10.2 Å². The van der Waals surface area contributed by atoms with Gasteiger partial charge in [-0.15, -0.1) is 0 Å². The van der Waals surface area contributed by atoms with Gasteiger partial charge < -0.3 is 20.2 Å². The summed E-state index contributed by atoms with van der Waals surface area (Å²) in [6, 6.07) is 27.5. The van der Waals surface area contributed by atoms with Crippen LogP contribution in [0.4, 0.5) is 10.5 Å². The summed E-state index contributed by atoms with van der Waals surface area (Å²) < 4.78 is 0. The minimum Gasteiger partial charge on any atom is -0.508 e. The number of hydrogen-bond donors (Lipinski definition) is 2. The molecule has 3 aromatic carbocycles. The van der Waals surface area contributed by atoms with Crippen LogP contribution in [-0.4, -0.2) is 42.2 Å². The standard InChI is InChI=1S/C25H27N3O2/c29-23-13-7-12-22(19-23)27-14-16-28(17-15-27)25(30)26-24(21-10-5-2-6-11-21)18-20-8-3-1-4-9-20/h1-13,19,24,29H,14-18H2,(H,26,30). The van der Waals surface area contributed by atoms with E-state index >= 15 is 0 Å². The number of phenolic OH excluding ortho intramolecular Hbond substituents is 1. The molecule has 1 fully saturated rings. The zero-order chi connectivity index (χ0) is 20.8. The normalized spacial score (nSPS) is 14.9. The van der Waals surface area contributed by atoms with E-state index in [0.29, 0.717) is 13.1 Å². The minimum absolute atomic E-state index is 0.0321. The molecule has 154 valence electrons. The number of carbonyl (C=O) groups excluding carboxylic acids is 1. The maximum atomic E-state index is 13.0. The fourth-order valence-corrected chi connectivity index (χ4v) is 3.89. The van der Waals surface area contributed by atoms with Crippen LogP contribution in [0.2, 0.25) is 0 Å². The molecule has 5 nitrogen and oxygen atoms in total. The van der Waals surface area contributed by atoms with Crippen LogP contribution in [-0.2, 0) is 6.42 Å². The van der Waals surface area contributed by atoms with E-state index in [0.717, 1.165) is 30.8 Å². The molecular formula is C25H27N3O2. The first-order chi connectivity index (χ1) is 14.7. The van der Waals surface area contributed by atoms with Gasteiger partial charge in [-0.25, -0.2) is 4.79 Å². The van der Waals surface area contributed by atoms with Gasteiger partial charge in [-0.1, -0.05) is 66.7 Å². The zero-order valence-electron chi connectivity index (χ0n) is 16.9. The first-order valence-corrected chi connectivity index (χ1v) is 10.4. The van der Waals surface area contributed by atoms with E-state index in [2.05, 4.69) is 34.5 Å². The van der Waals surface area contributed by atoms with Crippen LogP contribution in [0.15, 0.2) is 84.9 Å². The summed E-state index contributed by atoms with van der Waals surface area (Å²) in [5.74, 6) is 0.263. The average Bonchev–Trinajstić information content (AvgIpc) is 2.80. The lowest BCUT2D eigenvalue weighted by atomic mass is 9.99. The fourth-order valence-electron chi connectivity index (χ4n) is 3.89. The lowest BCUT2D eigenvalue weighted by molar-refractivity contribution is 0.190. The van der Waals surface area contributed by atoms with Crippen LogP contribution in [0, 0.1) is 0 Å². The number of urea groups is 1. The average molecular weight is 402 g/mol. The Morgan fingerprint density at radius 1 is 0.867 bits per heavy atom. The van der Waals surface area contributed by atoms with E-state index in [4.69, 9.17) is 0 Å². The number of hydrogen-bond acceptors (Lipinski definition) is 3. The molecule has 1 aliphatic rings. The number of aromatic hydroxyl groups is 1. The van der Waals surface area contributed by atoms with Gasteiger partial charge in [0, 0.05) is 37.9 Å². The second-order valence-corrected chi connectivity index (χ2v) is 7.60. The molecule has 2 amide bonds. The monoisotopic (exact) mass is 401 g/mol. The van der Waals surface area contributed by atoms with E-state index in [1.807, 2.05) is 53.4 Å². The van der Waals surface area contributed by atoms with Gasteiger partial charge >= 0.3 is 6.03 Å². The zero-order valence-corrected chi connectivity index (χ0v) is 16.9. The van der Waals surface area contributed by atoms with Gasteiger partial charge in [-0.05, 0) is 29.7 Å². The van der Waals surface area contributed by atoms with Crippen LogP contribution >= 0.6 is 0 Å². The quantitative estimate of drug-likeness (QED) is 0.673. The highest BCUT2D eigenvalue weighted by molar-refractivity contribution is 5.75. The van der Waals surface area contributed by atoms with E-state index in [-0.39, 0.29) is 17.8 Å². The van der Waals surface area contributed by atoms with Gasteiger partial charge in [0.2, 0.25) is 0 Å². The molecule has 3 aromatic rings.